The van der Waals surface area contributed by atoms with Gasteiger partial charge in [-0.25, -0.2) is 4.79 Å². The molecule has 0 radical (unpaired) electrons. The maximum Gasteiger partial charge on any atom is 0.410 e. The van der Waals surface area contributed by atoms with Crippen molar-refractivity contribution in [3.05, 3.63) is 36.2 Å². The minimum atomic E-state index is -0.465. The Hall–Kier alpha value is -2.50. The highest BCUT2D eigenvalue weighted by molar-refractivity contribution is 5.68. The van der Waals surface area contributed by atoms with Crippen LogP contribution in [0.4, 0.5) is 4.79 Å². The lowest BCUT2D eigenvalue weighted by molar-refractivity contribution is 0.0185. The van der Waals surface area contributed by atoms with E-state index in [0.29, 0.717) is 18.8 Å². The number of phenols is 1. The molecule has 1 amide bonds. The van der Waals surface area contributed by atoms with E-state index >= 15 is 0 Å². The molecule has 0 aliphatic carbocycles. The van der Waals surface area contributed by atoms with E-state index in [1.165, 1.54) is 0 Å². The average molecular weight is 357 g/mol. The Kier molecular flexibility index (Phi) is 4.94. The van der Waals surface area contributed by atoms with E-state index in [1.807, 2.05) is 56.9 Å². The van der Waals surface area contributed by atoms with Gasteiger partial charge in [0.25, 0.3) is 0 Å². The average Bonchev–Trinajstić information content (AvgIpc) is 3.06. The SMILES string of the molecule is Cc1cc(-c2cnn(C3CCN(C(=O)OC(C)(C)C)CC3)c2)ccc1O. The lowest BCUT2D eigenvalue weighted by Gasteiger charge is -2.33. The summed E-state index contributed by atoms with van der Waals surface area (Å²) in [5.41, 5.74) is 2.45. The Balaban J connectivity index is 1.63. The summed E-state index contributed by atoms with van der Waals surface area (Å²) in [6.45, 7) is 8.88. The predicted molar refractivity (Wildman–Crippen MR) is 100 cm³/mol. The first-order chi connectivity index (χ1) is 12.2. The number of aromatic hydroxyl groups is 1. The zero-order valence-corrected chi connectivity index (χ0v) is 15.9. The Morgan fingerprint density at radius 2 is 1.92 bits per heavy atom. The molecule has 1 N–H and O–H groups in total. The summed E-state index contributed by atoms with van der Waals surface area (Å²) < 4.78 is 7.44. The zero-order valence-electron chi connectivity index (χ0n) is 15.9. The van der Waals surface area contributed by atoms with Crippen LogP contribution in [0.2, 0.25) is 0 Å². The number of likely N-dealkylation sites (tertiary alicyclic amines) is 1. The molecule has 6 heteroatoms. The van der Waals surface area contributed by atoms with Gasteiger partial charge in [-0.05, 0) is 63.8 Å². The lowest BCUT2D eigenvalue weighted by Crippen LogP contribution is -2.42. The van der Waals surface area contributed by atoms with Gasteiger partial charge in [-0.2, -0.15) is 5.10 Å². The second-order valence-corrected chi connectivity index (χ2v) is 7.91. The maximum atomic E-state index is 12.2. The molecule has 1 aromatic heterocycles. The van der Waals surface area contributed by atoms with Gasteiger partial charge in [0.05, 0.1) is 12.2 Å². The van der Waals surface area contributed by atoms with Gasteiger partial charge in [0, 0.05) is 24.8 Å². The first-order valence-corrected chi connectivity index (χ1v) is 9.05. The summed E-state index contributed by atoms with van der Waals surface area (Å²) in [4.78, 5) is 13.9. The van der Waals surface area contributed by atoms with Gasteiger partial charge >= 0.3 is 6.09 Å². The highest BCUT2D eigenvalue weighted by Gasteiger charge is 2.27. The van der Waals surface area contributed by atoms with Crippen molar-refractivity contribution >= 4 is 6.09 Å². The van der Waals surface area contributed by atoms with Crippen molar-refractivity contribution in [3.8, 4) is 16.9 Å². The third-order valence-electron chi connectivity index (χ3n) is 4.62. The fourth-order valence-electron chi connectivity index (χ4n) is 3.16. The quantitative estimate of drug-likeness (QED) is 0.877. The first-order valence-electron chi connectivity index (χ1n) is 9.05. The molecule has 1 aromatic carbocycles. The van der Waals surface area contributed by atoms with Gasteiger partial charge in [0.1, 0.15) is 11.4 Å². The van der Waals surface area contributed by atoms with Gasteiger partial charge in [0.2, 0.25) is 0 Å². The van der Waals surface area contributed by atoms with Crippen LogP contribution >= 0.6 is 0 Å². The normalized spacial score (nSPS) is 15.9. The summed E-state index contributed by atoms with van der Waals surface area (Å²) >= 11 is 0. The van der Waals surface area contributed by atoms with Gasteiger partial charge in [-0.15, -0.1) is 0 Å². The van der Waals surface area contributed by atoms with Crippen LogP contribution in [-0.4, -0.2) is 44.6 Å². The molecule has 0 unspecified atom stereocenters. The van der Waals surface area contributed by atoms with Crippen molar-refractivity contribution in [1.82, 2.24) is 14.7 Å². The van der Waals surface area contributed by atoms with Crippen molar-refractivity contribution in [2.24, 2.45) is 0 Å². The topological polar surface area (TPSA) is 67.6 Å². The molecular weight excluding hydrogens is 330 g/mol. The number of rotatable bonds is 2. The third-order valence-corrected chi connectivity index (χ3v) is 4.62. The first kappa shape index (κ1) is 18.3. The second kappa shape index (κ2) is 7.02. The number of ether oxygens (including phenoxy) is 1. The van der Waals surface area contributed by atoms with Gasteiger partial charge < -0.3 is 14.7 Å². The molecule has 0 saturated carbocycles. The standard InChI is InChI=1S/C20H27N3O3/c1-14-11-15(5-6-18(14)24)16-12-21-23(13-16)17-7-9-22(10-8-17)19(25)26-20(2,3)4/h5-6,11-13,17,24H,7-10H2,1-4H3. The predicted octanol–water partition coefficient (Wildman–Crippen LogP) is 4.14. The molecule has 1 saturated heterocycles. The van der Waals surface area contributed by atoms with E-state index in [-0.39, 0.29) is 12.1 Å². The molecule has 0 bridgehead atoms. The van der Waals surface area contributed by atoms with Gasteiger partial charge in [0.15, 0.2) is 0 Å². The number of hydrogen-bond acceptors (Lipinski definition) is 4. The maximum absolute atomic E-state index is 12.2. The Labute approximate surface area is 154 Å². The van der Waals surface area contributed by atoms with Crippen molar-refractivity contribution in [1.29, 1.82) is 0 Å². The number of carbonyl (C=O) groups is 1. The van der Waals surface area contributed by atoms with Gasteiger partial charge in [-0.3, -0.25) is 4.68 Å². The molecule has 2 aromatic rings. The molecule has 1 aliphatic rings. The minimum absolute atomic E-state index is 0.239. The number of phenolic OH excluding ortho intramolecular Hbond substituents is 1. The number of piperidine rings is 1. The van der Waals surface area contributed by atoms with Crippen LogP contribution in [0.25, 0.3) is 11.1 Å². The number of nitrogens with zero attached hydrogens (tertiary/aromatic N) is 3. The van der Waals surface area contributed by atoms with E-state index in [2.05, 4.69) is 5.10 Å². The van der Waals surface area contributed by atoms with E-state index in [1.54, 1.807) is 11.0 Å². The van der Waals surface area contributed by atoms with Crippen LogP contribution in [0, 0.1) is 6.92 Å². The number of hydrogen-bond donors (Lipinski definition) is 1. The Morgan fingerprint density at radius 1 is 1.23 bits per heavy atom. The fourth-order valence-corrected chi connectivity index (χ4v) is 3.16. The van der Waals surface area contributed by atoms with E-state index in [0.717, 1.165) is 29.5 Å². The molecular formula is C20H27N3O3. The minimum Gasteiger partial charge on any atom is -0.508 e. The third kappa shape index (κ3) is 4.18. The van der Waals surface area contributed by atoms with Crippen LogP contribution in [0.3, 0.4) is 0 Å². The Morgan fingerprint density at radius 3 is 2.54 bits per heavy atom. The largest absolute Gasteiger partial charge is 0.508 e. The summed E-state index contributed by atoms with van der Waals surface area (Å²) in [6, 6.07) is 5.85. The monoisotopic (exact) mass is 357 g/mol. The molecule has 26 heavy (non-hydrogen) atoms. The summed E-state index contributed by atoms with van der Waals surface area (Å²) in [7, 11) is 0. The molecule has 0 atom stereocenters. The number of carbonyl (C=O) groups excluding carboxylic acids is 1. The summed E-state index contributed by atoms with van der Waals surface area (Å²) in [5.74, 6) is 0.302. The smallest absolute Gasteiger partial charge is 0.410 e. The van der Waals surface area contributed by atoms with Crippen molar-refractivity contribution in [2.75, 3.05) is 13.1 Å². The van der Waals surface area contributed by atoms with Crippen LogP contribution in [0.15, 0.2) is 30.6 Å². The van der Waals surface area contributed by atoms with Crippen LogP contribution in [-0.2, 0) is 4.74 Å². The van der Waals surface area contributed by atoms with E-state index < -0.39 is 5.60 Å². The number of aromatic nitrogens is 2. The molecule has 0 spiro atoms. The molecule has 1 aliphatic heterocycles. The number of aryl methyl sites for hydroxylation is 1. The van der Waals surface area contributed by atoms with Crippen LogP contribution in [0.1, 0.15) is 45.2 Å². The molecule has 1 fully saturated rings. The molecule has 3 rings (SSSR count). The van der Waals surface area contributed by atoms with Crippen molar-refractivity contribution in [2.45, 2.75) is 52.2 Å². The molecule has 6 nitrogen and oxygen atoms in total. The molecule has 140 valence electrons. The number of benzene rings is 1. The van der Waals surface area contributed by atoms with Crippen LogP contribution < -0.4 is 0 Å². The molecule has 2 heterocycles. The van der Waals surface area contributed by atoms with Crippen LogP contribution in [0.5, 0.6) is 5.75 Å². The summed E-state index contributed by atoms with van der Waals surface area (Å²) in [6.07, 6.45) is 5.37. The van der Waals surface area contributed by atoms with Crippen molar-refractivity contribution in [3.63, 3.8) is 0 Å². The van der Waals surface area contributed by atoms with Crippen molar-refractivity contribution < 1.29 is 14.6 Å². The van der Waals surface area contributed by atoms with Gasteiger partial charge in [-0.1, -0.05) is 6.07 Å². The fraction of sp³-hybridized carbons (Fsp3) is 0.500. The van der Waals surface area contributed by atoms with E-state index in [4.69, 9.17) is 4.74 Å². The zero-order chi connectivity index (χ0) is 18.9. The Bertz CT molecular complexity index is 784. The summed E-state index contributed by atoms with van der Waals surface area (Å²) in [5, 5.41) is 14.2. The highest BCUT2D eigenvalue weighted by Crippen LogP contribution is 2.28. The van der Waals surface area contributed by atoms with E-state index in [9.17, 15) is 9.90 Å². The highest BCUT2D eigenvalue weighted by atomic mass is 16.6. The second-order valence-electron chi connectivity index (χ2n) is 7.91. The number of amides is 1. The lowest BCUT2D eigenvalue weighted by atomic mass is 10.0.